The van der Waals surface area contributed by atoms with Gasteiger partial charge in [0.15, 0.2) is 0 Å². The summed E-state index contributed by atoms with van der Waals surface area (Å²) in [6, 6.07) is 13.5. The molecule has 0 spiro atoms. The Kier molecular flexibility index (Phi) is 7.83. The van der Waals surface area contributed by atoms with Crippen molar-refractivity contribution >= 4 is 65.7 Å². The van der Waals surface area contributed by atoms with E-state index in [9.17, 15) is 4.79 Å². The first-order chi connectivity index (χ1) is 9.04. The third kappa shape index (κ3) is 6.16. The molecule has 0 heterocycles. The van der Waals surface area contributed by atoms with Gasteiger partial charge in [-0.05, 0) is 16.3 Å². The molecule has 0 saturated heterocycles. The van der Waals surface area contributed by atoms with E-state index in [1.165, 1.54) is 0 Å². The minimum Gasteiger partial charge on any atom is -0.481 e. The van der Waals surface area contributed by atoms with Crippen molar-refractivity contribution in [2.45, 2.75) is 20.0 Å². The van der Waals surface area contributed by atoms with Crippen molar-refractivity contribution in [1.29, 1.82) is 0 Å². The van der Waals surface area contributed by atoms with Crippen LogP contribution < -0.4 is 0 Å². The Hall–Kier alpha value is -0.234. The maximum Gasteiger partial charge on any atom is 0.307 e. The van der Waals surface area contributed by atoms with Gasteiger partial charge in [-0.2, -0.15) is 0 Å². The number of carboxylic acid groups (broad SMARTS) is 1. The van der Waals surface area contributed by atoms with Gasteiger partial charge in [0.25, 0.3) is 0 Å². The van der Waals surface area contributed by atoms with Gasteiger partial charge >= 0.3 is 73.6 Å². The van der Waals surface area contributed by atoms with E-state index in [0.29, 0.717) is 49.0 Å². The van der Waals surface area contributed by atoms with Gasteiger partial charge in [-0.25, -0.2) is 0 Å². The average Bonchev–Trinajstić information content (AvgIpc) is 2.39. The Morgan fingerprint density at radius 3 is 2.37 bits per heavy atom. The van der Waals surface area contributed by atoms with Crippen LogP contribution in [-0.4, -0.2) is 65.3 Å². The van der Waals surface area contributed by atoms with E-state index in [-0.39, 0.29) is 6.62 Å². The summed E-state index contributed by atoms with van der Waals surface area (Å²) in [5, 5.41) is 19.3. The van der Waals surface area contributed by atoms with Crippen LogP contribution in [0, 0.1) is 0 Å². The fourth-order valence-corrected chi connectivity index (χ4v) is 1.61. The van der Waals surface area contributed by atoms with Gasteiger partial charge in [-0.15, -0.1) is 0 Å². The molecule has 0 saturated carbocycles. The number of hydrogen-bond acceptors (Lipinski definition) is 2. The van der Waals surface area contributed by atoms with E-state index in [4.69, 9.17) is 10.2 Å². The van der Waals surface area contributed by atoms with Crippen molar-refractivity contribution in [2.24, 2.45) is 0 Å². The van der Waals surface area contributed by atoms with Crippen LogP contribution in [0.5, 0.6) is 0 Å². The molecule has 19 heavy (non-hydrogen) atoms. The standard InChI is InChI=1S/C12H10O2.C3H7O.K/c13-12(14)8-10-6-3-5-9-4-1-2-7-11(9)10;1-2-3-4;/h1-7H,8H2,(H,13,14);3-4H,2H2,1H3;. The fraction of sp³-hybridized carbons (Fsp3) is 0.267. The van der Waals surface area contributed by atoms with Crippen molar-refractivity contribution in [3.63, 3.8) is 0 Å². The van der Waals surface area contributed by atoms with Crippen LogP contribution in [0.3, 0.4) is 0 Å². The summed E-state index contributed by atoms with van der Waals surface area (Å²) in [6.07, 6.45) is 1.03. The Morgan fingerprint density at radius 2 is 1.79 bits per heavy atom. The molecule has 1 unspecified atom stereocenters. The first-order valence-corrected chi connectivity index (χ1v) is 8.21. The van der Waals surface area contributed by atoms with Crippen molar-refractivity contribution in [2.75, 3.05) is 0 Å². The molecule has 0 aromatic heterocycles. The van der Waals surface area contributed by atoms with E-state index in [0.717, 1.165) is 22.8 Å². The predicted molar refractivity (Wildman–Crippen MR) is 77.3 cm³/mol. The van der Waals surface area contributed by atoms with Crippen LogP contribution in [0.25, 0.3) is 10.8 Å². The molecule has 3 nitrogen and oxygen atoms in total. The average molecular weight is 284 g/mol. The summed E-state index contributed by atoms with van der Waals surface area (Å²) in [5.74, 6) is -0.790. The third-order valence-electron chi connectivity index (χ3n) is 2.81. The molecular formula is C15H17KO3. The van der Waals surface area contributed by atoms with Gasteiger partial charge in [-0.1, -0.05) is 42.5 Å². The number of carboxylic acids is 1. The van der Waals surface area contributed by atoms with Crippen LogP contribution in [0.2, 0.25) is 0 Å². The monoisotopic (exact) mass is 284 g/mol. The van der Waals surface area contributed by atoms with E-state index in [2.05, 4.69) is 0 Å². The third-order valence-corrected chi connectivity index (χ3v) is 4.09. The van der Waals surface area contributed by atoms with Gasteiger partial charge in [0, 0.05) is 0 Å². The zero-order valence-corrected chi connectivity index (χ0v) is 14.5. The number of carbonyl (C=O) groups is 1. The molecule has 0 aliphatic carbocycles. The van der Waals surface area contributed by atoms with E-state index >= 15 is 0 Å². The van der Waals surface area contributed by atoms with Crippen molar-refractivity contribution < 1.29 is 15.0 Å². The minimum absolute atomic E-state index is 0.0718. The second-order valence-corrected chi connectivity index (χ2v) is 6.55. The molecule has 0 aliphatic heterocycles. The number of fused-ring (bicyclic) bond motifs is 1. The summed E-state index contributed by atoms with van der Waals surface area (Å²) in [5.41, 5.74) is 0.871. The number of aliphatic hydroxyl groups is 1. The maximum atomic E-state index is 10.6. The number of benzene rings is 2. The molecule has 1 atom stereocenters. The Labute approximate surface area is 147 Å². The van der Waals surface area contributed by atoms with Crippen LogP contribution >= 0.6 is 0 Å². The van der Waals surface area contributed by atoms with E-state index in [1.807, 2.05) is 49.4 Å². The Bertz CT molecular complexity index is 532. The molecular weight excluding hydrogens is 267 g/mol. The minimum atomic E-state index is -0.790. The number of aliphatic carboxylic acids is 1. The first kappa shape index (κ1) is 16.8. The van der Waals surface area contributed by atoms with Gasteiger partial charge in [0.2, 0.25) is 0 Å². The van der Waals surface area contributed by atoms with Crippen LogP contribution in [0.15, 0.2) is 42.5 Å². The molecule has 2 rings (SSSR count). The maximum absolute atomic E-state index is 10.6. The SMILES string of the molecule is CC[CH](O)[K].O=C(O)Cc1cccc2ccccc12. The molecule has 0 aliphatic rings. The van der Waals surface area contributed by atoms with E-state index < -0.39 is 5.97 Å². The smallest absolute Gasteiger partial charge is 0.307 e. The zero-order valence-electron chi connectivity index (χ0n) is 11.3. The quantitative estimate of drug-likeness (QED) is 0.851. The Balaban J connectivity index is 0.000000312. The molecule has 0 bridgehead atoms. The number of rotatable bonds is 3. The Morgan fingerprint density at radius 1 is 1.21 bits per heavy atom. The van der Waals surface area contributed by atoms with Crippen molar-refractivity contribution in [3.8, 4) is 0 Å². The molecule has 2 aromatic carbocycles. The van der Waals surface area contributed by atoms with Gasteiger partial charge in [0.05, 0.1) is 6.42 Å². The summed E-state index contributed by atoms with van der Waals surface area (Å²) < 4.78 is 0.0718. The summed E-state index contributed by atoms with van der Waals surface area (Å²) in [4.78, 5) is 10.6. The van der Waals surface area contributed by atoms with Crippen LogP contribution in [0.1, 0.15) is 18.9 Å². The molecule has 0 fully saturated rings. The molecule has 2 N–H and O–H groups in total. The van der Waals surface area contributed by atoms with Gasteiger partial charge in [0.1, 0.15) is 0 Å². The second-order valence-electron chi connectivity index (χ2n) is 4.47. The summed E-state index contributed by atoms with van der Waals surface area (Å²) >= 11 is 0.627. The number of aliphatic hydroxyl groups excluding tert-OH is 1. The molecule has 0 amide bonds. The van der Waals surface area contributed by atoms with Gasteiger partial charge in [-0.3, -0.25) is 4.79 Å². The first-order valence-electron chi connectivity index (χ1n) is 6.41. The van der Waals surface area contributed by atoms with Gasteiger partial charge < -0.3 is 5.11 Å². The number of hydrogen-bond donors (Lipinski definition) is 2. The second kappa shape index (κ2) is 8.84. The zero-order chi connectivity index (χ0) is 14.3. The molecule has 96 valence electrons. The normalized spacial score (nSPS) is 11.6. The predicted octanol–water partition coefficient (Wildman–Crippen LogP) is 2.35. The molecule has 0 radical (unpaired) electrons. The molecule has 2 aromatic rings. The van der Waals surface area contributed by atoms with E-state index in [1.54, 1.807) is 0 Å². The van der Waals surface area contributed by atoms with Crippen molar-refractivity contribution in [3.05, 3.63) is 48.0 Å². The molecule has 4 heteroatoms. The fourth-order valence-electron chi connectivity index (χ4n) is 1.61. The summed E-state index contributed by atoms with van der Waals surface area (Å²) in [6.45, 7) is 2.00. The van der Waals surface area contributed by atoms with Crippen LogP contribution in [-0.2, 0) is 11.2 Å². The topological polar surface area (TPSA) is 57.5 Å². The summed E-state index contributed by atoms with van der Waals surface area (Å²) in [7, 11) is 0. The van der Waals surface area contributed by atoms with Crippen LogP contribution in [0.4, 0.5) is 0 Å². The van der Waals surface area contributed by atoms with Crippen molar-refractivity contribution in [1.82, 2.24) is 0 Å². The largest absolute Gasteiger partial charge is 0.481 e.